The molecule has 2 heteroatoms. The van der Waals surface area contributed by atoms with E-state index >= 15 is 0 Å². The maximum absolute atomic E-state index is 4.18. The Balaban J connectivity index is 1.87. The van der Waals surface area contributed by atoms with E-state index in [9.17, 15) is 0 Å². The van der Waals surface area contributed by atoms with Crippen LogP contribution in [0.2, 0.25) is 0 Å². The third-order valence-electron chi connectivity index (χ3n) is 3.62. The summed E-state index contributed by atoms with van der Waals surface area (Å²) in [5.41, 5.74) is 5.07. The summed E-state index contributed by atoms with van der Waals surface area (Å²) in [6, 6.07) is 14.9. The van der Waals surface area contributed by atoms with Gasteiger partial charge in [-0.2, -0.15) is 0 Å². The number of fused-ring (bicyclic) bond motifs is 1. The number of aromatic nitrogens is 1. The maximum Gasteiger partial charge on any atom is 0.0407 e. The van der Waals surface area contributed by atoms with Crippen LogP contribution in [-0.2, 0) is 6.54 Å². The first kappa shape index (κ1) is 12.7. The quantitative estimate of drug-likeness (QED) is 0.753. The standard InChI is InChI=1S/C18H18N2/c1-13-6-7-18(14(2)10-13)20-12-16-5-3-4-15-11-19-9-8-17(15)16/h3-11,20H,12H2,1-2H3. The first-order valence-electron chi connectivity index (χ1n) is 6.87. The molecule has 0 atom stereocenters. The highest BCUT2D eigenvalue weighted by Crippen LogP contribution is 2.21. The molecule has 0 aliphatic rings. The number of aryl methyl sites for hydroxylation is 2. The van der Waals surface area contributed by atoms with Crippen LogP contribution in [0, 0.1) is 13.8 Å². The third kappa shape index (κ3) is 2.50. The van der Waals surface area contributed by atoms with E-state index in [-0.39, 0.29) is 0 Å². The predicted octanol–water partition coefficient (Wildman–Crippen LogP) is 4.46. The summed E-state index contributed by atoms with van der Waals surface area (Å²) in [6.07, 6.45) is 3.76. The monoisotopic (exact) mass is 262 g/mol. The highest BCUT2D eigenvalue weighted by atomic mass is 14.9. The molecule has 1 aromatic heterocycles. The van der Waals surface area contributed by atoms with Crippen LogP contribution in [0.5, 0.6) is 0 Å². The molecular weight excluding hydrogens is 244 g/mol. The van der Waals surface area contributed by atoms with Gasteiger partial charge in [0.05, 0.1) is 0 Å². The first-order valence-corrected chi connectivity index (χ1v) is 6.87. The van der Waals surface area contributed by atoms with Crippen LogP contribution in [0.3, 0.4) is 0 Å². The Bertz CT molecular complexity index is 742. The van der Waals surface area contributed by atoms with E-state index in [0.29, 0.717) is 0 Å². The number of rotatable bonds is 3. The zero-order valence-electron chi connectivity index (χ0n) is 11.9. The molecule has 2 nitrogen and oxygen atoms in total. The lowest BCUT2D eigenvalue weighted by Crippen LogP contribution is -2.01. The number of nitrogens with one attached hydrogen (secondary N) is 1. The van der Waals surface area contributed by atoms with Gasteiger partial charge in [-0.15, -0.1) is 0 Å². The Morgan fingerprint density at radius 2 is 1.95 bits per heavy atom. The fraction of sp³-hybridized carbons (Fsp3) is 0.167. The van der Waals surface area contributed by atoms with Gasteiger partial charge >= 0.3 is 0 Å². The molecule has 0 fully saturated rings. The molecule has 0 aliphatic carbocycles. The lowest BCUT2D eigenvalue weighted by Gasteiger charge is -2.12. The largest absolute Gasteiger partial charge is 0.381 e. The Labute approximate surface area is 119 Å². The van der Waals surface area contributed by atoms with Crippen molar-refractivity contribution in [3.8, 4) is 0 Å². The van der Waals surface area contributed by atoms with E-state index in [1.807, 2.05) is 12.4 Å². The summed E-state index contributed by atoms with van der Waals surface area (Å²) in [5.74, 6) is 0. The average molecular weight is 262 g/mol. The molecule has 3 rings (SSSR count). The minimum absolute atomic E-state index is 0.825. The molecule has 0 saturated carbocycles. The van der Waals surface area contributed by atoms with E-state index in [0.717, 1.165) is 6.54 Å². The van der Waals surface area contributed by atoms with Crippen molar-refractivity contribution in [1.29, 1.82) is 0 Å². The smallest absolute Gasteiger partial charge is 0.0407 e. The van der Waals surface area contributed by atoms with Crippen LogP contribution in [-0.4, -0.2) is 4.98 Å². The molecule has 20 heavy (non-hydrogen) atoms. The van der Waals surface area contributed by atoms with Crippen molar-refractivity contribution in [3.05, 3.63) is 71.5 Å². The number of anilines is 1. The van der Waals surface area contributed by atoms with E-state index in [4.69, 9.17) is 0 Å². The molecule has 0 saturated heterocycles. The van der Waals surface area contributed by atoms with Gasteiger partial charge in [-0.25, -0.2) is 0 Å². The zero-order valence-corrected chi connectivity index (χ0v) is 11.9. The summed E-state index contributed by atoms with van der Waals surface area (Å²) in [4.78, 5) is 4.18. The molecule has 100 valence electrons. The van der Waals surface area contributed by atoms with Gasteiger partial charge in [0.25, 0.3) is 0 Å². The maximum atomic E-state index is 4.18. The Morgan fingerprint density at radius 1 is 1.05 bits per heavy atom. The second-order valence-electron chi connectivity index (χ2n) is 5.19. The van der Waals surface area contributed by atoms with Crippen molar-refractivity contribution in [1.82, 2.24) is 4.98 Å². The molecule has 1 heterocycles. The minimum Gasteiger partial charge on any atom is -0.381 e. The second kappa shape index (κ2) is 5.33. The van der Waals surface area contributed by atoms with Crippen LogP contribution in [0.4, 0.5) is 5.69 Å². The summed E-state index contributed by atoms with van der Waals surface area (Å²) >= 11 is 0. The molecular formula is C18H18N2. The second-order valence-corrected chi connectivity index (χ2v) is 5.19. The number of benzene rings is 2. The van der Waals surface area contributed by atoms with Crippen molar-refractivity contribution in [2.75, 3.05) is 5.32 Å². The van der Waals surface area contributed by atoms with Crippen LogP contribution < -0.4 is 5.32 Å². The fourth-order valence-corrected chi connectivity index (χ4v) is 2.55. The van der Waals surface area contributed by atoms with Crippen molar-refractivity contribution >= 4 is 16.5 Å². The molecule has 0 amide bonds. The van der Waals surface area contributed by atoms with E-state index in [1.165, 1.54) is 33.2 Å². The van der Waals surface area contributed by atoms with Crippen LogP contribution >= 0.6 is 0 Å². The molecule has 0 bridgehead atoms. The Hall–Kier alpha value is -2.35. The van der Waals surface area contributed by atoms with Crippen molar-refractivity contribution < 1.29 is 0 Å². The normalized spacial score (nSPS) is 10.7. The Kier molecular flexibility index (Phi) is 3.38. The first-order chi connectivity index (χ1) is 9.74. The summed E-state index contributed by atoms with van der Waals surface area (Å²) in [6.45, 7) is 5.09. The summed E-state index contributed by atoms with van der Waals surface area (Å²) in [5, 5.41) is 5.98. The average Bonchev–Trinajstić information content (AvgIpc) is 2.46. The number of hydrogen-bond acceptors (Lipinski definition) is 2. The van der Waals surface area contributed by atoms with E-state index in [1.54, 1.807) is 0 Å². The van der Waals surface area contributed by atoms with Crippen molar-refractivity contribution in [2.45, 2.75) is 20.4 Å². The highest BCUT2D eigenvalue weighted by Gasteiger charge is 2.02. The van der Waals surface area contributed by atoms with Crippen molar-refractivity contribution in [3.63, 3.8) is 0 Å². The summed E-state index contributed by atoms with van der Waals surface area (Å²) in [7, 11) is 0. The highest BCUT2D eigenvalue weighted by molar-refractivity contribution is 5.85. The molecule has 0 spiro atoms. The van der Waals surface area contributed by atoms with Gasteiger partial charge in [0, 0.05) is 30.0 Å². The van der Waals surface area contributed by atoms with Gasteiger partial charge in [0.15, 0.2) is 0 Å². The van der Waals surface area contributed by atoms with Gasteiger partial charge in [-0.3, -0.25) is 4.98 Å². The minimum atomic E-state index is 0.825. The molecule has 3 aromatic rings. The van der Waals surface area contributed by atoms with Crippen LogP contribution in [0.25, 0.3) is 10.8 Å². The third-order valence-corrected chi connectivity index (χ3v) is 3.62. The molecule has 1 N–H and O–H groups in total. The molecule has 0 unspecified atom stereocenters. The summed E-state index contributed by atoms with van der Waals surface area (Å²) < 4.78 is 0. The topological polar surface area (TPSA) is 24.9 Å². The van der Waals surface area contributed by atoms with Crippen molar-refractivity contribution in [2.24, 2.45) is 0 Å². The van der Waals surface area contributed by atoms with Gasteiger partial charge in [0.1, 0.15) is 0 Å². The van der Waals surface area contributed by atoms with Gasteiger partial charge < -0.3 is 5.32 Å². The predicted molar refractivity (Wildman–Crippen MR) is 85.0 cm³/mol. The number of hydrogen-bond donors (Lipinski definition) is 1. The lowest BCUT2D eigenvalue weighted by molar-refractivity contribution is 1.15. The fourth-order valence-electron chi connectivity index (χ4n) is 2.55. The van der Waals surface area contributed by atoms with Gasteiger partial charge in [-0.1, -0.05) is 35.9 Å². The van der Waals surface area contributed by atoms with Crippen LogP contribution in [0.1, 0.15) is 16.7 Å². The van der Waals surface area contributed by atoms with E-state index in [2.05, 4.69) is 66.6 Å². The number of pyridine rings is 1. The zero-order chi connectivity index (χ0) is 13.9. The lowest BCUT2D eigenvalue weighted by atomic mass is 10.1. The molecule has 0 radical (unpaired) electrons. The van der Waals surface area contributed by atoms with E-state index < -0.39 is 0 Å². The molecule has 2 aromatic carbocycles. The molecule has 0 aliphatic heterocycles. The Morgan fingerprint density at radius 3 is 2.80 bits per heavy atom. The SMILES string of the molecule is Cc1ccc(NCc2cccc3cnccc23)c(C)c1. The van der Waals surface area contributed by atoms with Crippen LogP contribution in [0.15, 0.2) is 54.9 Å². The number of nitrogens with zero attached hydrogens (tertiary/aromatic N) is 1. The van der Waals surface area contributed by atoms with Gasteiger partial charge in [-0.05, 0) is 42.5 Å². The van der Waals surface area contributed by atoms with Gasteiger partial charge in [0.2, 0.25) is 0 Å².